The fraction of sp³-hybridized carbons (Fsp3) is 0.864. The zero-order chi connectivity index (χ0) is 16.6. The quantitative estimate of drug-likeness (QED) is 0.517. The van der Waals surface area contributed by atoms with Crippen LogP contribution < -0.4 is 0 Å². The number of hydrogen-bond acceptors (Lipinski definition) is 1. The second kappa shape index (κ2) is 4.96. The van der Waals surface area contributed by atoms with Crippen molar-refractivity contribution in [1.29, 1.82) is 0 Å². The van der Waals surface area contributed by atoms with Gasteiger partial charge in [-0.15, -0.1) is 0 Å². The molecule has 1 nitrogen and oxygen atoms in total. The van der Waals surface area contributed by atoms with E-state index in [0.717, 1.165) is 30.6 Å². The second-order valence-electron chi connectivity index (χ2n) is 10.1. The van der Waals surface area contributed by atoms with Gasteiger partial charge in [-0.1, -0.05) is 38.8 Å². The first-order valence-corrected chi connectivity index (χ1v) is 10.0. The van der Waals surface area contributed by atoms with Crippen LogP contribution in [0.15, 0.2) is 11.1 Å². The van der Waals surface area contributed by atoms with E-state index in [-0.39, 0.29) is 5.41 Å². The average Bonchev–Trinajstić information content (AvgIpc) is 2.71. The molecule has 4 aliphatic rings. The Balaban J connectivity index is 1.75. The van der Waals surface area contributed by atoms with Gasteiger partial charge < -0.3 is 0 Å². The zero-order valence-corrected chi connectivity index (χ0v) is 15.7. The number of hydrogen-bond donors (Lipinski definition) is 0. The molecule has 0 saturated heterocycles. The van der Waals surface area contributed by atoms with Crippen molar-refractivity contribution in [2.45, 2.75) is 79.6 Å². The highest BCUT2D eigenvalue weighted by molar-refractivity contribution is 5.89. The predicted molar refractivity (Wildman–Crippen MR) is 95.0 cm³/mol. The molecule has 4 aliphatic carbocycles. The van der Waals surface area contributed by atoms with Gasteiger partial charge in [0.2, 0.25) is 0 Å². The minimum absolute atomic E-state index is 0.00495. The first-order chi connectivity index (χ1) is 10.8. The van der Waals surface area contributed by atoms with E-state index in [1.54, 1.807) is 5.57 Å². The van der Waals surface area contributed by atoms with Gasteiger partial charge in [-0.2, -0.15) is 0 Å². The third-order valence-electron chi connectivity index (χ3n) is 8.67. The Hall–Kier alpha value is -0.590. The smallest absolute Gasteiger partial charge is 0.141 e. The summed E-state index contributed by atoms with van der Waals surface area (Å²) in [7, 11) is 0. The summed E-state index contributed by atoms with van der Waals surface area (Å²) in [6.45, 7) is 11.9. The Morgan fingerprint density at radius 3 is 2.52 bits per heavy atom. The zero-order valence-electron chi connectivity index (χ0n) is 15.7. The van der Waals surface area contributed by atoms with Crippen molar-refractivity contribution in [2.75, 3.05) is 0 Å². The summed E-state index contributed by atoms with van der Waals surface area (Å²) in [6, 6.07) is 0. The monoisotopic (exact) mass is 314 g/mol. The molecule has 0 aliphatic heterocycles. The number of ketones is 1. The van der Waals surface area contributed by atoms with Crippen molar-refractivity contribution in [3.63, 3.8) is 0 Å². The maximum Gasteiger partial charge on any atom is 0.141 e. The van der Waals surface area contributed by atoms with Gasteiger partial charge in [0.15, 0.2) is 0 Å². The van der Waals surface area contributed by atoms with Crippen molar-refractivity contribution in [1.82, 2.24) is 0 Å². The van der Waals surface area contributed by atoms with E-state index in [1.807, 2.05) is 5.57 Å². The third-order valence-corrected chi connectivity index (χ3v) is 8.67. The van der Waals surface area contributed by atoms with Crippen molar-refractivity contribution >= 4 is 5.78 Å². The molecule has 0 bridgehead atoms. The number of carbonyl (C=O) groups excluding carboxylic acids is 1. The summed E-state index contributed by atoms with van der Waals surface area (Å²) in [4.78, 5) is 12.8. The first kappa shape index (κ1) is 15.9. The molecular formula is C22H34O. The van der Waals surface area contributed by atoms with Gasteiger partial charge in [0.1, 0.15) is 5.78 Å². The van der Waals surface area contributed by atoms with Crippen LogP contribution >= 0.6 is 0 Å². The third kappa shape index (κ3) is 2.01. The largest absolute Gasteiger partial charge is 0.299 e. The fourth-order valence-electron chi connectivity index (χ4n) is 7.65. The summed E-state index contributed by atoms with van der Waals surface area (Å²) in [6.07, 6.45) is 8.98. The van der Waals surface area contributed by atoms with Gasteiger partial charge in [0.25, 0.3) is 0 Å². The normalized spacial score (nSPS) is 52.9. The lowest BCUT2D eigenvalue weighted by molar-refractivity contribution is -0.134. The van der Waals surface area contributed by atoms with Crippen LogP contribution in [0.5, 0.6) is 0 Å². The number of fused-ring (bicyclic) bond motifs is 5. The van der Waals surface area contributed by atoms with Gasteiger partial charge in [-0.25, -0.2) is 0 Å². The average molecular weight is 315 g/mol. The minimum atomic E-state index is -0.00495. The van der Waals surface area contributed by atoms with E-state index in [4.69, 9.17) is 0 Å². The van der Waals surface area contributed by atoms with Crippen LogP contribution in [-0.4, -0.2) is 5.78 Å². The molecule has 23 heavy (non-hydrogen) atoms. The van der Waals surface area contributed by atoms with Gasteiger partial charge in [-0.3, -0.25) is 4.79 Å². The molecular weight excluding hydrogens is 280 g/mol. The van der Waals surface area contributed by atoms with Gasteiger partial charge in [0.05, 0.1) is 0 Å². The van der Waals surface area contributed by atoms with Crippen LogP contribution in [0.2, 0.25) is 0 Å². The molecule has 0 aromatic heterocycles. The molecule has 128 valence electrons. The van der Waals surface area contributed by atoms with Crippen molar-refractivity contribution in [3.05, 3.63) is 11.1 Å². The molecule has 0 spiro atoms. The molecule has 0 heterocycles. The molecule has 0 N–H and O–H groups in total. The standard InChI is InChI=1S/C22H34O/c1-13-6-7-17-14(2)10-16-18(22(17,5)12-13)8-9-21(4)19(16)11-15(3)20(21)23/h13,15-16,18-19H,6-12H2,1-5H3/t13-,15+,16+,18-,19-,21-,22-/m0/s1. The van der Waals surface area contributed by atoms with E-state index in [0.29, 0.717) is 23.0 Å². The molecule has 0 aromatic rings. The van der Waals surface area contributed by atoms with Crippen LogP contribution in [0, 0.1) is 40.4 Å². The fourth-order valence-corrected chi connectivity index (χ4v) is 7.65. The number of allylic oxidation sites excluding steroid dienone is 2. The highest BCUT2D eigenvalue weighted by Gasteiger charge is 2.60. The summed E-state index contributed by atoms with van der Waals surface area (Å²) in [5, 5.41) is 0. The molecule has 0 aromatic carbocycles. The lowest BCUT2D eigenvalue weighted by atomic mass is 9.46. The van der Waals surface area contributed by atoms with Crippen molar-refractivity contribution in [3.8, 4) is 0 Å². The Morgan fingerprint density at radius 2 is 1.78 bits per heavy atom. The molecule has 0 radical (unpaired) electrons. The highest BCUT2D eigenvalue weighted by Crippen LogP contribution is 2.66. The highest BCUT2D eigenvalue weighted by atomic mass is 16.1. The summed E-state index contributed by atoms with van der Waals surface area (Å²) >= 11 is 0. The van der Waals surface area contributed by atoms with Crippen LogP contribution in [0.1, 0.15) is 79.6 Å². The van der Waals surface area contributed by atoms with Gasteiger partial charge in [-0.05, 0) is 81.0 Å². The van der Waals surface area contributed by atoms with E-state index in [9.17, 15) is 4.79 Å². The molecule has 4 rings (SSSR count). The Kier molecular flexibility index (Phi) is 3.43. The van der Waals surface area contributed by atoms with Crippen LogP contribution in [-0.2, 0) is 4.79 Å². The van der Waals surface area contributed by atoms with Crippen LogP contribution in [0.4, 0.5) is 0 Å². The maximum atomic E-state index is 12.8. The Morgan fingerprint density at radius 1 is 1.04 bits per heavy atom. The molecule has 3 fully saturated rings. The molecule has 7 atom stereocenters. The number of Topliss-reactive ketones (excluding diaryl/α,β-unsaturated/α-hetero) is 1. The molecule has 0 unspecified atom stereocenters. The number of rotatable bonds is 0. The molecule has 0 amide bonds. The lowest BCUT2D eigenvalue weighted by Gasteiger charge is -2.58. The van der Waals surface area contributed by atoms with E-state index in [1.165, 1.54) is 32.1 Å². The topological polar surface area (TPSA) is 17.1 Å². The predicted octanol–water partition coefficient (Wildman–Crippen LogP) is 5.79. The maximum absolute atomic E-state index is 12.8. The minimum Gasteiger partial charge on any atom is -0.299 e. The van der Waals surface area contributed by atoms with Gasteiger partial charge in [0, 0.05) is 11.3 Å². The SMILES string of the molecule is CC1=C2CC[C@H](C)C[C@]2(C)[C@H]2CC[C@]3(C)C(=O)[C@H](C)C[C@H]3[C@@H]2C1. The van der Waals surface area contributed by atoms with E-state index in [2.05, 4.69) is 34.6 Å². The van der Waals surface area contributed by atoms with E-state index >= 15 is 0 Å². The summed E-state index contributed by atoms with van der Waals surface area (Å²) < 4.78 is 0. The lowest BCUT2D eigenvalue weighted by Crippen LogP contribution is -2.51. The molecule has 3 saturated carbocycles. The van der Waals surface area contributed by atoms with Crippen molar-refractivity contribution in [2.24, 2.45) is 40.4 Å². The van der Waals surface area contributed by atoms with Crippen molar-refractivity contribution < 1.29 is 4.79 Å². The van der Waals surface area contributed by atoms with Crippen LogP contribution in [0.25, 0.3) is 0 Å². The first-order valence-electron chi connectivity index (χ1n) is 10.0. The molecule has 1 heteroatoms. The van der Waals surface area contributed by atoms with Gasteiger partial charge >= 0.3 is 0 Å². The number of carbonyl (C=O) groups is 1. The van der Waals surface area contributed by atoms with Crippen LogP contribution in [0.3, 0.4) is 0 Å². The Bertz CT molecular complexity index is 573. The summed E-state index contributed by atoms with van der Waals surface area (Å²) in [5.41, 5.74) is 3.94. The Labute approximate surface area is 142 Å². The van der Waals surface area contributed by atoms with E-state index < -0.39 is 0 Å². The summed E-state index contributed by atoms with van der Waals surface area (Å²) in [5.74, 6) is 3.99. The second-order valence-corrected chi connectivity index (χ2v) is 10.1.